The van der Waals surface area contributed by atoms with E-state index in [1.807, 2.05) is 0 Å². The van der Waals surface area contributed by atoms with Crippen LogP contribution in [0.15, 0.2) is 35.9 Å². The largest absolute Gasteiger partial charge is 0.544 e. The zero-order valence-electron chi connectivity index (χ0n) is 21.7. The lowest BCUT2D eigenvalue weighted by molar-refractivity contribution is 0.447. The fraction of sp³-hybridized carbons (Fsp3) is 0.630. The van der Waals surface area contributed by atoms with Crippen LogP contribution in [-0.4, -0.2) is 16.6 Å². The molecule has 31 heavy (non-hydrogen) atoms. The molecule has 2 atom stereocenters. The Bertz CT molecular complexity index is 759. The van der Waals surface area contributed by atoms with Gasteiger partial charge in [0.2, 0.25) is 16.6 Å². The Hall–Kier alpha value is -1.27. The minimum Gasteiger partial charge on any atom is -0.544 e. The predicted octanol–water partition coefficient (Wildman–Crippen LogP) is 8.86. The van der Waals surface area contributed by atoms with E-state index in [1.165, 1.54) is 41.5 Å². The quantitative estimate of drug-likeness (QED) is 0.198. The molecule has 1 aliphatic carbocycles. The average Bonchev–Trinajstić information content (AvgIpc) is 2.58. The monoisotopic (exact) mass is 458 g/mol. The summed E-state index contributed by atoms with van der Waals surface area (Å²) in [6.45, 7) is 24.7. The Labute approximate surface area is 194 Å². The van der Waals surface area contributed by atoms with Crippen LogP contribution in [-0.2, 0) is 6.42 Å². The molecule has 0 radical (unpaired) electrons. The average molecular weight is 459 g/mol. The summed E-state index contributed by atoms with van der Waals surface area (Å²) in [7, 11) is -3.58. The molecule has 0 saturated carbocycles. The minimum absolute atomic E-state index is 0.272. The molecular weight excluding hydrogens is 412 g/mol. The highest BCUT2D eigenvalue weighted by Gasteiger charge is 2.33. The number of unbranched alkanes of at least 4 members (excludes halogenated alkanes) is 2. The first-order chi connectivity index (χ1) is 14.3. The Morgan fingerprint density at radius 3 is 2.00 bits per heavy atom. The summed E-state index contributed by atoms with van der Waals surface area (Å²) in [6, 6.07) is 4.65. The van der Waals surface area contributed by atoms with E-state index in [2.05, 4.69) is 84.8 Å². The molecule has 0 saturated heterocycles. The molecule has 0 bridgehead atoms. The van der Waals surface area contributed by atoms with Crippen molar-refractivity contribution >= 4 is 16.6 Å². The van der Waals surface area contributed by atoms with Crippen LogP contribution in [0.4, 0.5) is 0 Å². The summed E-state index contributed by atoms with van der Waals surface area (Å²) >= 11 is 0. The van der Waals surface area contributed by atoms with Crippen molar-refractivity contribution in [2.75, 3.05) is 0 Å². The van der Waals surface area contributed by atoms with E-state index in [0.29, 0.717) is 5.92 Å². The molecule has 0 heterocycles. The van der Waals surface area contributed by atoms with Gasteiger partial charge in [-0.2, -0.15) is 0 Å². The SMILES string of the molecule is C=C(C)[C@@H]1CCC(C)=C[C@H]1c1c(O[Si](C)(C)C)cc(CCCCC)cc1O[Si](C)(C)C. The van der Waals surface area contributed by atoms with Gasteiger partial charge in [0.05, 0.1) is 0 Å². The Balaban J connectivity index is 2.70. The van der Waals surface area contributed by atoms with E-state index in [4.69, 9.17) is 8.85 Å². The maximum Gasteiger partial charge on any atom is 0.242 e. The molecule has 174 valence electrons. The van der Waals surface area contributed by atoms with E-state index in [-0.39, 0.29) is 5.92 Å². The standard InChI is InChI=1S/C27H46O2Si2/c1-11-12-13-14-22-18-25(28-30(5,6)7)27(26(19-22)29-31(8,9)10)24-17-21(4)15-16-23(24)20(2)3/h17-19,23-24H,2,11-16H2,1,3-10H3/t23-,24+/m0/s1. The number of aryl methyl sites for hydroxylation is 1. The van der Waals surface area contributed by atoms with Gasteiger partial charge in [0.15, 0.2) is 0 Å². The number of hydrogen-bond acceptors (Lipinski definition) is 2. The normalized spacial score (nSPS) is 19.7. The van der Waals surface area contributed by atoms with Gasteiger partial charge in [0, 0.05) is 11.5 Å². The van der Waals surface area contributed by atoms with Gasteiger partial charge in [-0.05, 0) is 102 Å². The van der Waals surface area contributed by atoms with Gasteiger partial charge in [-0.25, -0.2) is 0 Å². The number of allylic oxidation sites excluding steroid dienone is 3. The van der Waals surface area contributed by atoms with E-state index in [1.54, 1.807) is 0 Å². The lowest BCUT2D eigenvalue weighted by Crippen LogP contribution is -2.33. The first-order valence-corrected chi connectivity index (χ1v) is 19.0. The van der Waals surface area contributed by atoms with Gasteiger partial charge in [-0.15, -0.1) is 0 Å². The van der Waals surface area contributed by atoms with Crippen LogP contribution in [0, 0.1) is 5.92 Å². The third-order valence-corrected chi connectivity index (χ3v) is 7.44. The summed E-state index contributed by atoms with van der Waals surface area (Å²) in [5.41, 5.74) is 5.34. The molecule has 0 aliphatic heterocycles. The van der Waals surface area contributed by atoms with Crippen molar-refractivity contribution in [1.29, 1.82) is 0 Å². The Kier molecular flexibility index (Phi) is 8.86. The molecule has 0 aromatic heterocycles. The van der Waals surface area contributed by atoms with Crippen LogP contribution < -0.4 is 8.85 Å². The highest BCUT2D eigenvalue weighted by atomic mass is 28.4. The Morgan fingerprint density at radius 2 is 1.55 bits per heavy atom. The highest BCUT2D eigenvalue weighted by molar-refractivity contribution is 6.71. The third-order valence-electron chi connectivity index (χ3n) is 5.78. The molecule has 0 amide bonds. The molecule has 1 aromatic rings. The number of rotatable bonds is 10. The van der Waals surface area contributed by atoms with Crippen LogP contribution >= 0.6 is 0 Å². The van der Waals surface area contributed by atoms with Crippen LogP contribution in [0.25, 0.3) is 0 Å². The van der Waals surface area contributed by atoms with Crippen LogP contribution in [0.5, 0.6) is 11.5 Å². The fourth-order valence-corrected chi connectivity index (χ4v) is 6.10. The highest BCUT2D eigenvalue weighted by Crippen LogP contribution is 2.48. The first kappa shape index (κ1) is 26.0. The van der Waals surface area contributed by atoms with Crippen molar-refractivity contribution in [2.45, 2.75) is 104 Å². The third kappa shape index (κ3) is 7.98. The summed E-state index contributed by atoms with van der Waals surface area (Å²) in [5, 5.41) is 0. The van der Waals surface area contributed by atoms with Gasteiger partial charge in [-0.3, -0.25) is 0 Å². The van der Waals surface area contributed by atoms with Gasteiger partial charge < -0.3 is 8.85 Å². The van der Waals surface area contributed by atoms with Crippen molar-refractivity contribution in [1.82, 2.24) is 0 Å². The fourth-order valence-electron chi connectivity index (χ4n) is 4.44. The summed E-state index contributed by atoms with van der Waals surface area (Å²) in [6.07, 6.45) is 9.56. The topological polar surface area (TPSA) is 18.5 Å². The van der Waals surface area contributed by atoms with E-state index >= 15 is 0 Å². The minimum atomic E-state index is -1.79. The summed E-state index contributed by atoms with van der Waals surface area (Å²) in [5.74, 6) is 2.82. The lowest BCUT2D eigenvalue weighted by Gasteiger charge is -2.35. The van der Waals surface area contributed by atoms with Gasteiger partial charge in [0.1, 0.15) is 11.5 Å². The lowest BCUT2D eigenvalue weighted by atomic mass is 9.73. The number of benzene rings is 1. The first-order valence-electron chi connectivity index (χ1n) is 12.2. The van der Waals surface area contributed by atoms with E-state index in [0.717, 1.165) is 30.8 Å². The smallest absolute Gasteiger partial charge is 0.242 e. The molecular formula is C27H46O2Si2. The molecule has 2 rings (SSSR count). The summed E-state index contributed by atoms with van der Waals surface area (Å²) in [4.78, 5) is 0. The second-order valence-corrected chi connectivity index (χ2v) is 20.3. The summed E-state index contributed by atoms with van der Waals surface area (Å²) < 4.78 is 13.5. The van der Waals surface area contributed by atoms with Crippen LogP contribution in [0.3, 0.4) is 0 Å². The molecule has 0 fully saturated rings. The zero-order valence-corrected chi connectivity index (χ0v) is 23.7. The maximum absolute atomic E-state index is 6.77. The van der Waals surface area contributed by atoms with Crippen molar-refractivity contribution in [3.8, 4) is 11.5 Å². The predicted molar refractivity (Wildman–Crippen MR) is 142 cm³/mol. The molecule has 2 nitrogen and oxygen atoms in total. The van der Waals surface area contributed by atoms with Gasteiger partial charge >= 0.3 is 0 Å². The zero-order chi connectivity index (χ0) is 23.4. The second kappa shape index (κ2) is 10.6. The van der Waals surface area contributed by atoms with Crippen molar-refractivity contribution in [3.63, 3.8) is 0 Å². The van der Waals surface area contributed by atoms with E-state index < -0.39 is 16.6 Å². The van der Waals surface area contributed by atoms with Crippen molar-refractivity contribution in [2.24, 2.45) is 5.92 Å². The second-order valence-electron chi connectivity index (χ2n) is 11.4. The van der Waals surface area contributed by atoms with Crippen LogP contribution in [0.2, 0.25) is 39.3 Å². The molecule has 0 spiro atoms. The van der Waals surface area contributed by atoms with Crippen molar-refractivity contribution < 1.29 is 8.85 Å². The number of hydrogen-bond donors (Lipinski definition) is 0. The van der Waals surface area contributed by atoms with Crippen molar-refractivity contribution in [3.05, 3.63) is 47.1 Å². The maximum atomic E-state index is 6.77. The van der Waals surface area contributed by atoms with Crippen LogP contribution in [0.1, 0.15) is 69.9 Å². The van der Waals surface area contributed by atoms with Gasteiger partial charge in [-0.1, -0.05) is 43.6 Å². The van der Waals surface area contributed by atoms with Gasteiger partial charge in [0.25, 0.3) is 0 Å². The molecule has 1 aliphatic rings. The molecule has 1 aromatic carbocycles. The Morgan fingerprint density at radius 1 is 1.00 bits per heavy atom. The molecule has 4 heteroatoms. The molecule has 0 N–H and O–H groups in total. The van der Waals surface area contributed by atoms with E-state index in [9.17, 15) is 0 Å². The molecule has 0 unspecified atom stereocenters.